The van der Waals surface area contributed by atoms with Crippen LogP contribution in [0.3, 0.4) is 0 Å². The van der Waals surface area contributed by atoms with Gasteiger partial charge in [-0.15, -0.1) is 0 Å². The smallest absolute Gasteiger partial charge is 0.422 e. The van der Waals surface area contributed by atoms with Crippen molar-refractivity contribution in [1.29, 1.82) is 0 Å². The summed E-state index contributed by atoms with van der Waals surface area (Å²) < 4.78 is 90.8. The molecule has 1 aliphatic carbocycles. The van der Waals surface area contributed by atoms with Crippen LogP contribution in [0, 0.1) is 5.82 Å². The number of anilines is 1. The Bertz CT molecular complexity index is 1200. The van der Waals surface area contributed by atoms with Crippen LogP contribution in [0.25, 0.3) is 0 Å². The second kappa shape index (κ2) is 14.2. The third kappa shape index (κ3) is 8.87. The fourth-order valence-electron chi connectivity index (χ4n) is 4.90. The minimum absolute atomic E-state index is 0.0385. The van der Waals surface area contributed by atoms with E-state index in [-0.39, 0.29) is 10.6 Å². The number of hydrogen-bond acceptors (Lipinski definition) is 7. The normalized spacial score (nSPS) is 17.1. The molecule has 40 heavy (non-hydrogen) atoms. The maximum absolute atomic E-state index is 13.5. The van der Waals surface area contributed by atoms with Gasteiger partial charge in [0.2, 0.25) is 10.0 Å². The Morgan fingerprint density at radius 2 is 1.55 bits per heavy atom. The summed E-state index contributed by atoms with van der Waals surface area (Å²) >= 11 is 0. The number of nitrogens with one attached hydrogen (secondary N) is 1. The average Bonchev–Trinajstić information content (AvgIpc) is 2.96. The lowest BCUT2D eigenvalue weighted by Crippen LogP contribution is -2.51. The number of piperazine rings is 1. The summed E-state index contributed by atoms with van der Waals surface area (Å²) in [5, 5.41) is 0. The first-order chi connectivity index (χ1) is 19.0. The third-order valence-electron chi connectivity index (χ3n) is 6.99. The van der Waals surface area contributed by atoms with E-state index in [0.717, 1.165) is 19.2 Å². The van der Waals surface area contributed by atoms with Crippen molar-refractivity contribution in [1.82, 2.24) is 9.62 Å². The van der Waals surface area contributed by atoms with Gasteiger partial charge in [-0.25, -0.2) is 17.5 Å². The molecule has 0 spiro atoms. The lowest BCUT2D eigenvalue weighted by Gasteiger charge is -2.41. The van der Waals surface area contributed by atoms with Gasteiger partial charge in [0.05, 0.1) is 24.8 Å². The molecule has 224 valence electrons. The van der Waals surface area contributed by atoms with Crippen LogP contribution in [0.15, 0.2) is 41.3 Å². The zero-order valence-corrected chi connectivity index (χ0v) is 23.8. The van der Waals surface area contributed by atoms with Gasteiger partial charge in [-0.2, -0.15) is 13.2 Å². The maximum Gasteiger partial charge on any atom is 0.422 e. The molecular formula is C27H37F4N3O5S. The van der Waals surface area contributed by atoms with Gasteiger partial charge in [-0.1, -0.05) is 19.3 Å². The number of ether oxygens (including phenoxy) is 3. The van der Waals surface area contributed by atoms with E-state index in [9.17, 15) is 26.0 Å². The summed E-state index contributed by atoms with van der Waals surface area (Å²) in [6.45, 7) is 1.77. The average molecular weight is 592 g/mol. The van der Waals surface area contributed by atoms with Gasteiger partial charge >= 0.3 is 6.18 Å². The van der Waals surface area contributed by atoms with Crippen LogP contribution in [0.1, 0.15) is 32.1 Å². The van der Waals surface area contributed by atoms with Crippen molar-refractivity contribution in [3.8, 4) is 17.2 Å². The number of nitrogens with zero attached hydrogens (tertiary/aromatic N) is 2. The van der Waals surface area contributed by atoms with Crippen molar-refractivity contribution >= 4 is 15.7 Å². The SMILES string of the molecule is CNS(=O)(=O)c1ccc(OC)c(OC)c1.Fc1ccc(N2CCN(C3CCCCC3)CC2)c(OCC(F)(F)F)c1. The highest BCUT2D eigenvalue weighted by Gasteiger charge is 2.30. The van der Waals surface area contributed by atoms with Crippen LogP contribution >= 0.6 is 0 Å². The number of hydrogen-bond donors (Lipinski definition) is 1. The van der Waals surface area contributed by atoms with Crippen molar-refractivity contribution in [2.75, 3.05) is 59.0 Å². The molecule has 2 aliphatic rings. The fourth-order valence-corrected chi connectivity index (χ4v) is 5.65. The predicted octanol–water partition coefficient (Wildman–Crippen LogP) is 4.83. The van der Waals surface area contributed by atoms with E-state index < -0.39 is 28.6 Å². The monoisotopic (exact) mass is 591 g/mol. The van der Waals surface area contributed by atoms with E-state index in [1.54, 1.807) is 6.07 Å². The van der Waals surface area contributed by atoms with E-state index >= 15 is 0 Å². The molecule has 0 aromatic heterocycles. The quantitative estimate of drug-likeness (QED) is 0.441. The van der Waals surface area contributed by atoms with Crippen molar-refractivity contribution in [2.45, 2.75) is 49.2 Å². The number of benzene rings is 2. The van der Waals surface area contributed by atoms with Crippen LogP contribution in [0.2, 0.25) is 0 Å². The number of sulfonamides is 1. The Kier molecular flexibility index (Phi) is 11.3. The van der Waals surface area contributed by atoms with Crippen LogP contribution in [-0.4, -0.2) is 79.6 Å². The molecule has 0 atom stereocenters. The summed E-state index contributed by atoms with van der Waals surface area (Å²) in [7, 11) is 0.854. The molecule has 0 bridgehead atoms. The van der Waals surface area contributed by atoms with Crippen LogP contribution in [-0.2, 0) is 10.0 Å². The Labute approximate surface area is 233 Å². The summed E-state index contributed by atoms with van der Waals surface area (Å²) in [5.74, 6) is 0.242. The number of alkyl halides is 3. The Hall–Kier alpha value is -2.77. The number of methoxy groups -OCH3 is 2. The van der Waals surface area contributed by atoms with Gasteiger partial charge in [0.15, 0.2) is 18.1 Å². The van der Waals surface area contributed by atoms with Gasteiger partial charge in [-0.3, -0.25) is 4.90 Å². The van der Waals surface area contributed by atoms with Crippen LogP contribution in [0.5, 0.6) is 17.2 Å². The fraction of sp³-hybridized carbons (Fsp3) is 0.556. The third-order valence-corrected chi connectivity index (χ3v) is 8.41. The van der Waals surface area contributed by atoms with Crippen molar-refractivity contribution in [3.05, 3.63) is 42.2 Å². The molecule has 1 aliphatic heterocycles. The lowest BCUT2D eigenvalue weighted by molar-refractivity contribution is -0.153. The molecule has 1 saturated carbocycles. The molecule has 2 aromatic carbocycles. The molecule has 4 rings (SSSR count). The molecule has 13 heteroatoms. The first-order valence-corrected chi connectivity index (χ1v) is 14.6. The first-order valence-electron chi connectivity index (χ1n) is 13.1. The van der Waals surface area contributed by atoms with E-state index in [1.807, 2.05) is 4.90 Å². The summed E-state index contributed by atoms with van der Waals surface area (Å²) in [4.78, 5) is 4.61. The highest BCUT2D eigenvalue weighted by atomic mass is 32.2. The molecule has 1 N–H and O–H groups in total. The predicted molar refractivity (Wildman–Crippen MR) is 144 cm³/mol. The summed E-state index contributed by atoms with van der Waals surface area (Å²) in [6.07, 6.45) is 1.89. The standard InChI is InChI=1S/C18H24F4N2O.C9H13NO4S/c19-14-6-7-16(17(12-14)25-13-18(20,21)22)24-10-8-23(9-11-24)15-4-2-1-3-5-15;1-10-15(11,12)7-4-5-8(13-2)9(6-7)14-3/h6-7,12,15H,1-5,8-11,13H2;4-6,10H,1-3H3. The minimum atomic E-state index is -4.44. The van der Waals surface area contributed by atoms with E-state index in [0.29, 0.717) is 36.3 Å². The zero-order chi connectivity index (χ0) is 29.3. The van der Waals surface area contributed by atoms with E-state index in [4.69, 9.17) is 14.2 Å². The summed E-state index contributed by atoms with van der Waals surface area (Å²) in [6, 6.07) is 8.85. The van der Waals surface area contributed by atoms with Gasteiger partial charge in [0, 0.05) is 44.4 Å². The van der Waals surface area contributed by atoms with Crippen molar-refractivity contribution < 1.29 is 40.2 Å². The van der Waals surface area contributed by atoms with Crippen LogP contribution < -0.4 is 23.8 Å². The van der Waals surface area contributed by atoms with Crippen molar-refractivity contribution in [3.63, 3.8) is 0 Å². The molecule has 2 fully saturated rings. The molecule has 1 saturated heterocycles. The molecule has 0 radical (unpaired) electrons. The van der Waals surface area contributed by atoms with Gasteiger partial charge in [0.25, 0.3) is 0 Å². The topological polar surface area (TPSA) is 80.3 Å². The molecule has 0 amide bonds. The van der Waals surface area contributed by atoms with E-state index in [1.165, 1.54) is 77.6 Å². The van der Waals surface area contributed by atoms with E-state index in [2.05, 4.69) is 9.62 Å². The highest BCUT2D eigenvalue weighted by molar-refractivity contribution is 7.89. The Morgan fingerprint density at radius 1 is 0.900 bits per heavy atom. The largest absolute Gasteiger partial charge is 0.493 e. The molecule has 2 aromatic rings. The van der Waals surface area contributed by atoms with Gasteiger partial charge in [0.1, 0.15) is 11.6 Å². The van der Waals surface area contributed by atoms with Gasteiger partial charge in [-0.05, 0) is 44.2 Å². The minimum Gasteiger partial charge on any atom is -0.493 e. The first kappa shape index (κ1) is 31.8. The van der Waals surface area contributed by atoms with Crippen molar-refractivity contribution in [2.24, 2.45) is 0 Å². The second-order valence-electron chi connectivity index (χ2n) is 9.56. The Morgan fingerprint density at radius 3 is 2.12 bits per heavy atom. The highest BCUT2D eigenvalue weighted by Crippen LogP contribution is 2.33. The number of rotatable bonds is 8. The lowest BCUT2D eigenvalue weighted by atomic mass is 9.94. The van der Waals surface area contributed by atoms with Gasteiger partial charge < -0.3 is 19.1 Å². The zero-order valence-electron chi connectivity index (χ0n) is 23.0. The maximum atomic E-state index is 13.5. The molecule has 0 unspecified atom stereocenters. The molecule has 1 heterocycles. The second-order valence-corrected chi connectivity index (χ2v) is 11.4. The molecule has 8 nitrogen and oxygen atoms in total. The molecular weight excluding hydrogens is 554 g/mol. The Balaban J connectivity index is 0.000000252. The summed E-state index contributed by atoms with van der Waals surface area (Å²) in [5.41, 5.74) is 0.536. The van der Waals surface area contributed by atoms with Crippen LogP contribution in [0.4, 0.5) is 23.2 Å². The number of halogens is 4.